The van der Waals surface area contributed by atoms with E-state index in [1.165, 1.54) is 63.5 Å². The number of unbranched alkanes of at least 4 members (excludes halogenated alkanes) is 10. The zero-order valence-electron chi connectivity index (χ0n) is 23.8. The van der Waals surface area contributed by atoms with Crippen LogP contribution in [-0.4, -0.2) is 100 Å². The van der Waals surface area contributed by atoms with Gasteiger partial charge >= 0.3 is 37.7 Å². The predicted molar refractivity (Wildman–Crippen MR) is 156 cm³/mol. The molecular weight excluding hydrogens is 573 g/mol. The van der Waals surface area contributed by atoms with E-state index in [1.54, 1.807) is 6.08 Å². The maximum absolute atomic E-state index is 11.3. The third-order valence-electron chi connectivity index (χ3n) is 5.18. The van der Waals surface area contributed by atoms with Crippen LogP contribution in [0.1, 0.15) is 104 Å². The Kier molecular flexibility index (Phi) is 32.0. The number of nitrogens with one attached hydrogen (secondary N) is 1. The smallest absolute Gasteiger partial charge is 0.859 e. The second-order valence-corrected chi connectivity index (χ2v) is 12.1. The van der Waals surface area contributed by atoms with Crippen molar-refractivity contribution in [3.05, 3.63) is 24.3 Å². The van der Waals surface area contributed by atoms with Gasteiger partial charge < -0.3 is 20.0 Å². The van der Waals surface area contributed by atoms with Gasteiger partial charge in [-0.3, -0.25) is 9.35 Å². The molecule has 0 fully saturated rings. The van der Waals surface area contributed by atoms with E-state index in [0.29, 0.717) is 0 Å². The molecule has 0 aliphatic carbocycles. The Labute approximate surface area is 266 Å². The normalized spacial score (nSPS) is 12.3. The number of carbonyl (C=O) groups excluding carboxylic acids is 1. The second-order valence-electron chi connectivity index (χ2n) is 8.98. The molecule has 1 amide bonds. The minimum absolute atomic E-state index is 0. The molecule has 0 saturated carbocycles. The van der Waals surface area contributed by atoms with E-state index in [2.05, 4.69) is 24.2 Å². The number of rotatable bonds is 22. The molecule has 2 N–H and O–H groups in total. The summed E-state index contributed by atoms with van der Waals surface area (Å²) in [5.74, 6) is -1.37. The van der Waals surface area contributed by atoms with Crippen LogP contribution in [0.3, 0.4) is 0 Å². The number of carbonyl (C=O) groups is 1. The van der Waals surface area contributed by atoms with Gasteiger partial charge in [0, 0.05) is 18.8 Å². The van der Waals surface area contributed by atoms with Crippen molar-refractivity contribution in [1.29, 1.82) is 0 Å². The van der Waals surface area contributed by atoms with E-state index in [1.807, 2.05) is 6.08 Å². The quantitative estimate of drug-likeness (QED) is 0.0461. The van der Waals surface area contributed by atoms with Crippen molar-refractivity contribution in [3.8, 4) is 0 Å². The van der Waals surface area contributed by atoms with Crippen molar-refractivity contribution in [2.45, 2.75) is 104 Å². The van der Waals surface area contributed by atoms with Crippen LogP contribution in [0.25, 0.3) is 0 Å². The van der Waals surface area contributed by atoms with Crippen molar-refractivity contribution in [2.75, 3.05) is 24.6 Å². The summed E-state index contributed by atoms with van der Waals surface area (Å²) in [6.45, 7) is 4.67. The van der Waals surface area contributed by atoms with Crippen LogP contribution in [-0.2, 0) is 25.0 Å². The number of amides is 1. The first-order valence-corrected chi connectivity index (χ1v) is 16.8. The first kappa shape index (κ1) is 43.0. The molecule has 0 unspecified atom stereocenters. The maximum atomic E-state index is 11.3. The largest absolute Gasteiger partial charge is 2.00 e. The van der Waals surface area contributed by atoms with E-state index in [-0.39, 0.29) is 81.2 Å². The van der Waals surface area contributed by atoms with Crippen LogP contribution in [0, 0.1) is 0 Å². The van der Waals surface area contributed by atoms with Crippen LogP contribution in [0.5, 0.6) is 0 Å². The molecule has 0 bridgehead atoms. The molecule has 0 spiro atoms. The Hall–Kier alpha value is -0.500. The monoisotopic (exact) mass is 620 g/mol. The Morgan fingerprint density at radius 3 is 1.79 bits per heavy atom. The second kappa shape index (κ2) is 29.0. The van der Waals surface area contributed by atoms with Crippen molar-refractivity contribution >= 4 is 69.8 Å². The van der Waals surface area contributed by atoms with Gasteiger partial charge in [0.15, 0.2) is 0 Å². The van der Waals surface area contributed by atoms with E-state index >= 15 is 0 Å². The Balaban J connectivity index is -0.000000648. The van der Waals surface area contributed by atoms with Gasteiger partial charge in [0.05, 0.1) is 15.9 Å². The van der Waals surface area contributed by atoms with E-state index < -0.39 is 26.0 Å². The van der Waals surface area contributed by atoms with Gasteiger partial charge in [0.1, 0.15) is 0 Å². The van der Waals surface area contributed by atoms with Gasteiger partial charge in [-0.2, -0.15) is 8.42 Å². The van der Waals surface area contributed by atoms with Crippen molar-refractivity contribution in [3.63, 3.8) is 0 Å². The summed E-state index contributed by atoms with van der Waals surface area (Å²) in [5, 5.41) is 13.8. The molecule has 0 aromatic rings. The fourth-order valence-electron chi connectivity index (χ4n) is 3.11. The van der Waals surface area contributed by atoms with Crippen molar-refractivity contribution < 1.29 is 35.8 Å². The first-order valence-electron chi connectivity index (χ1n) is 13.6. The molecule has 13 heteroatoms. The molecule has 0 radical (unpaired) electrons. The maximum Gasteiger partial charge on any atom is 2.00 e. The Morgan fingerprint density at radius 2 is 1.31 bits per heavy atom. The summed E-state index contributed by atoms with van der Waals surface area (Å²) < 4.78 is 60.2. The van der Waals surface area contributed by atoms with Crippen LogP contribution in [0.2, 0.25) is 0 Å². The van der Waals surface area contributed by atoms with Crippen LogP contribution >= 0.6 is 0 Å². The summed E-state index contributed by atoms with van der Waals surface area (Å²) in [5.41, 5.74) is 0. The zero-order chi connectivity index (χ0) is 29.1. The van der Waals surface area contributed by atoms with Crippen molar-refractivity contribution in [2.24, 2.45) is 4.99 Å². The molecule has 0 aromatic carbocycles. The van der Waals surface area contributed by atoms with E-state index in [9.17, 15) is 31.3 Å². The SMILES string of the molecule is CCCCCCC/C=C/C(=O)NCCCS(=O)(=O)O.CCCCCCC/C=C/C([O-])=NCCCS(=O)(=O)[O-].[Ca+2]. The number of hydrogen-bond acceptors (Lipinski definition) is 8. The molecule has 39 heavy (non-hydrogen) atoms. The fourth-order valence-corrected chi connectivity index (χ4v) is 4.11. The van der Waals surface area contributed by atoms with E-state index in [4.69, 9.17) is 4.55 Å². The molecule has 0 aliphatic heterocycles. The van der Waals surface area contributed by atoms with Gasteiger partial charge in [-0.15, -0.1) is 0 Å². The van der Waals surface area contributed by atoms with Gasteiger partial charge in [-0.1, -0.05) is 83.4 Å². The molecule has 0 saturated heterocycles. The minimum Gasteiger partial charge on any atom is -0.859 e. The molecule has 0 atom stereocenters. The van der Waals surface area contributed by atoms with Gasteiger partial charge in [0.2, 0.25) is 5.91 Å². The molecular formula is C26H48CaN2O8S2. The van der Waals surface area contributed by atoms with Crippen molar-refractivity contribution in [1.82, 2.24) is 5.32 Å². The van der Waals surface area contributed by atoms with Crippen LogP contribution in [0.15, 0.2) is 29.3 Å². The van der Waals surface area contributed by atoms with Gasteiger partial charge in [-0.05, 0) is 50.5 Å². The first-order chi connectivity index (χ1) is 17.9. The van der Waals surface area contributed by atoms with Crippen LogP contribution < -0.4 is 10.4 Å². The summed E-state index contributed by atoms with van der Waals surface area (Å²) in [4.78, 5) is 14.9. The molecule has 0 aromatic heterocycles. The zero-order valence-corrected chi connectivity index (χ0v) is 27.7. The van der Waals surface area contributed by atoms with E-state index in [0.717, 1.165) is 25.7 Å². The molecule has 0 aliphatic rings. The van der Waals surface area contributed by atoms with Gasteiger partial charge in [-0.25, -0.2) is 8.42 Å². The number of nitrogens with zero attached hydrogens (tertiary/aromatic N) is 1. The third kappa shape index (κ3) is 42.1. The van der Waals surface area contributed by atoms with Gasteiger partial charge in [0.25, 0.3) is 10.1 Å². The average molecular weight is 621 g/mol. The molecule has 0 rings (SSSR count). The summed E-state index contributed by atoms with van der Waals surface area (Å²) in [7, 11) is -8.12. The Bertz CT molecular complexity index is 890. The summed E-state index contributed by atoms with van der Waals surface area (Å²) in [6, 6.07) is 0. The average Bonchev–Trinajstić information content (AvgIpc) is 2.83. The summed E-state index contributed by atoms with van der Waals surface area (Å²) in [6.07, 6.45) is 20.5. The molecule has 0 heterocycles. The number of hydrogen-bond donors (Lipinski definition) is 2. The predicted octanol–water partition coefficient (Wildman–Crippen LogP) is 3.51. The standard InChI is InChI=1S/2C13H25NO4S.Ca/c2*1-2-3-4-5-6-7-8-10-13(15)14-11-9-12-19(16,17)18;/h2*8,10H,2-7,9,11-12H2,1H3,(H,14,15)(H,16,17,18);/q;;+2/p-2/b2*10-8+;. The fraction of sp³-hybridized carbons (Fsp3) is 0.769. The number of aliphatic imine (C=N–C) groups is 1. The number of allylic oxidation sites excluding steroid dienone is 2. The van der Waals surface area contributed by atoms with Crippen LogP contribution in [0.4, 0.5) is 0 Å². The topological polar surface area (TPSA) is 176 Å². The molecule has 224 valence electrons. The molecule has 10 nitrogen and oxygen atoms in total. The minimum atomic E-state index is -4.19. The summed E-state index contributed by atoms with van der Waals surface area (Å²) >= 11 is 0. The Morgan fingerprint density at radius 1 is 0.795 bits per heavy atom. The third-order valence-corrected chi connectivity index (χ3v) is 6.77.